The first-order valence-corrected chi connectivity index (χ1v) is 9.37. The number of anilines is 1. The molecule has 0 saturated carbocycles. The van der Waals surface area contributed by atoms with Crippen molar-refractivity contribution in [3.8, 4) is 45.3 Å². The van der Waals surface area contributed by atoms with E-state index in [0.717, 1.165) is 11.1 Å². The van der Waals surface area contributed by atoms with Crippen LogP contribution in [0.25, 0.3) is 33.8 Å². The molecule has 30 heavy (non-hydrogen) atoms. The third-order valence-electron chi connectivity index (χ3n) is 4.61. The molecule has 6 nitrogen and oxygen atoms in total. The Morgan fingerprint density at radius 2 is 1.67 bits per heavy atom. The molecule has 150 valence electrons. The Bertz CT molecular complexity index is 1210. The van der Waals surface area contributed by atoms with Crippen LogP contribution in [0.15, 0.2) is 77.2 Å². The lowest BCUT2D eigenvalue weighted by molar-refractivity contribution is -0.114. The molecule has 3 aromatic carbocycles. The third-order valence-corrected chi connectivity index (χ3v) is 4.61. The van der Waals surface area contributed by atoms with E-state index in [0.29, 0.717) is 28.5 Å². The lowest BCUT2D eigenvalue weighted by Gasteiger charge is -2.08. The molecule has 0 saturated heterocycles. The number of benzene rings is 3. The smallest absolute Gasteiger partial charge is 0.229 e. The van der Waals surface area contributed by atoms with Crippen LogP contribution in [0, 0.1) is 0 Å². The van der Waals surface area contributed by atoms with Crippen molar-refractivity contribution in [1.82, 2.24) is 4.98 Å². The van der Waals surface area contributed by atoms with Gasteiger partial charge in [0.05, 0.1) is 7.11 Å². The van der Waals surface area contributed by atoms with Crippen LogP contribution in [0.5, 0.6) is 11.5 Å². The highest BCUT2D eigenvalue weighted by atomic mass is 16.5. The first kappa shape index (κ1) is 19.3. The number of para-hydroxylation sites is 1. The van der Waals surface area contributed by atoms with Crippen LogP contribution in [-0.2, 0) is 4.79 Å². The maximum Gasteiger partial charge on any atom is 0.229 e. The lowest BCUT2D eigenvalue weighted by atomic mass is 9.99. The summed E-state index contributed by atoms with van der Waals surface area (Å²) in [5.74, 6) is 1.14. The quantitative estimate of drug-likeness (QED) is 0.472. The van der Waals surface area contributed by atoms with Gasteiger partial charge in [0.1, 0.15) is 17.2 Å². The fraction of sp³-hybridized carbons (Fsp3) is 0.0833. The van der Waals surface area contributed by atoms with E-state index in [1.54, 1.807) is 19.2 Å². The van der Waals surface area contributed by atoms with E-state index < -0.39 is 0 Å². The number of rotatable bonds is 5. The summed E-state index contributed by atoms with van der Waals surface area (Å²) in [6, 6.07) is 21.9. The minimum absolute atomic E-state index is 0.159. The zero-order valence-electron chi connectivity index (χ0n) is 16.5. The van der Waals surface area contributed by atoms with Crippen LogP contribution in [-0.4, -0.2) is 23.1 Å². The Morgan fingerprint density at radius 1 is 0.967 bits per heavy atom. The number of methoxy groups -OCH3 is 1. The molecule has 0 radical (unpaired) electrons. The molecule has 0 spiro atoms. The number of ether oxygens (including phenoxy) is 1. The third kappa shape index (κ3) is 3.75. The summed E-state index contributed by atoms with van der Waals surface area (Å²) in [6.07, 6.45) is 0. The monoisotopic (exact) mass is 400 g/mol. The van der Waals surface area contributed by atoms with Gasteiger partial charge in [-0.25, -0.2) is 4.98 Å². The van der Waals surface area contributed by atoms with Gasteiger partial charge in [0.25, 0.3) is 0 Å². The van der Waals surface area contributed by atoms with Crippen LogP contribution in [0.3, 0.4) is 0 Å². The molecule has 0 fully saturated rings. The van der Waals surface area contributed by atoms with Crippen LogP contribution in [0.1, 0.15) is 6.92 Å². The Labute approximate surface area is 173 Å². The van der Waals surface area contributed by atoms with Gasteiger partial charge in [-0.15, -0.1) is 0 Å². The Hall–Kier alpha value is -4.06. The van der Waals surface area contributed by atoms with Crippen molar-refractivity contribution in [2.24, 2.45) is 0 Å². The summed E-state index contributed by atoms with van der Waals surface area (Å²) in [5, 5.41) is 13.0. The molecule has 4 rings (SSSR count). The fourth-order valence-electron chi connectivity index (χ4n) is 3.25. The zero-order chi connectivity index (χ0) is 21.1. The molecule has 4 aromatic rings. The van der Waals surface area contributed by atoms with Gasteiger partial charge in [-0.1, -0.05) is 48.5 Å². The molecule has 6 heteroatoms. The highest BCUT2D eigenvalue weighted by Gasteiger charge is 2.20. The second-order valence-electron chi connectivity index (χ2n) is 6.67. The maximum atomic E-state index is 11.7. The SMILES string of the molecule is COc1cccc(-c2nc(-c3ccccc3-c3ccccc3O)oc2NC(C)=O)c1. The van der Waals surface area contributed by atoms with Crippen molar-refractivity contribution in [1.29, 1.82) is 0 Å². The number of phenolic OH excluding ortho intramolecular Hbond substituents is 1. The highest BCUT2D eigenvalue weighted by molar-refractivity contribution is 5.92. The van der Waals surface area contributed by atoms with Gasteiger partial charge in [-0.2, -0.15) is 0 Å². The van der Waals surface area contributed by atoms with Crippen LogP contribution < -0.4 is 10.1 Å². The van der Waals surface area contributed by atoms with Crippen molar-refractivity contribution < 1.29 is 19.1 Å². The average Bonchev–Trinajstić information content (AvgIpc) is 3.17. The van der Waals surface area contributed by atoms with Gasteiger partial charge >= 0.3 is 0 Å². The normalized spacial score (nSPS) is 10.6. The second-order valence-corrected chi connectivity index (χ2v) is 6.67. The first-order valence-electron chi connectivity index (χ1n) is 9.37. The van der Waals surface area contributed by atoms with E-state index in [1.807, 2.05) is 60.7 Å². The van der Waals surface area contributed by atoms with Crippen molar-refractivity contribution in [2.75, 3.05) is 12.4 Å². The summed E-state index contributed by atoms with van der Waals surface area (Å²) in [4.78, 5) is 16.4. The summed E-state index contributed by atoms with van der Waals surface area (Å²) in [6.45, 7) is 1.41. The summed E-state index contributed by atoms with van der Waals surface area (Å²) in [7, 11) is 1.59. The zero-order valence-corrected chi connectivity index (χ0v) is 16.5. The number of amides is 1. The number of hydrogen-bond acceptors (Lipinski definition) is 5. The van der Waals surface area contributed by atoms with E-state index in [1.165, 1.54) is 6.92 Å². The molecule has 0 aliphatic heterocycles. The minimum Gasteiger partial charge on any atom is -0.507 e. The van der Waals surface area contributed by atoms with Crippen molar-refractivity contribution in [3.05, 3.63) is 72.8 Å². The number of aromatic nitrogens is 1. The molecular formula is C24H20N2O4. The molecule has 1 amide bonds. The number of aromatic hydroxyl groups is 1. The first-order chi connectivity index (χ1) is 14.6. The van der Waals surface area contributed by atoms with Crippen molar-refractivity contribution in [3.63, 3.8) is 0 Å². The van der Waals surface area contributed by atoms with E-state index in [4.69, 9.17) is 9.15 Å². The topological polar surface area (TPSA) is 84.6 Å². The second kappa shape index (κ2) is 8.13. The minimum atomic E-state index is -0.268. The molecular weight excluding hydrogens is 380 g/mol. The Kier molecular flexibility index (Phi) is 5.22. The van der Waals surface area contributed by atoms with Gasteiger partial charge in [-0.05, 0) is 29.8 Å². The number of oxazole rings is 1. The lowest BCUT2D eigenvalue weighted by Crippen LogP contribution is -2.05. The van der Waals surface area contributed by atoms with Gasteiger partial charge in [0.2, 0.25) is 17.7 Å². The standard InChI is InChI=1S/C24H20N2O4/c1-15(27)25-24-22(16-8-7-9-17(14-16)29-2)26-23(30-24)20-12-4-3-10-18(20)19-11-5-6-13-21(19)28/h3-14,28H,1-2H3,(H,25,27). The van der Waals surface area contributed by atoms with E-state index in [2.05, 4.69) is 10.3 Å². The molecule has 0 unspecified atom stereocenters. The molecule has 0 atom stereocenters. The molecule has 1 aromatic heterocycles. The molecule has 0 bridgehead atoms. The van der Waals surface area contributed by atoms with Crippen molar-refractivity contribution in [2.45, 2.75) is 6.92 Å². The molecule has 0 aliphatic rings. The summed E-state index contributed by atoms with van der Waals surface area (Å²) in [5.41, 5.74) is 3.36. The van der Waals surface area contributed by atoms with Crippen LogP contribution >= 0.6 is 0 Å². The Morgan fingerprint density at radius 3 is 2.37 bits per heavy atom. The molecule has 0 aliphatic carbocycles. The predicted octanol–water partition coefficient (Wildman–Crippen LogP) is 5.35. The predicted molar refractivity (Wildman–Crippen MR) is 115 cm³/mol. The number of nitrogens with zero attached hydrogens (tertiary/aromatic N) is 1. The Balaban J connectivity index is 1.88. The average molecular weight is 400 g/mol. The molecule has 2 N–H and O–H groups in total. The van der Waals surface area contributed by atoms with E-state index >= 15 is 0 Å². The maximum absolute atomic E-state index is 11.7. The number of hydrogen-bond donors (Lipinski definition) is 2. The number of carbonyl (C=O) groups excluding carboxylic acids is 1. The fourth-order valence-corrected chi connectivity index (χ4v) is 3.25. The van der Waals surface area contributed by atoms with Crippen LogP contribution in [0.2, 0.25) is 0 Å². The van der Waals surface area contributed by atoms with E-state index in [9.17, 15) is 9.90 Å². The van der Waals surface area contributed by atoms with Gasteiger partial charge in [0, 0.05) is 23.6 Å². The van der Waals surface area contributed by atoms with Gasteiger partial charge < -0.3 is 14.3 Å². The van der Waals surface area contributed by atoms with Gasteiger partial charge in [-0.3, -0.25) is 10.1 Å². The number of nitrogens with one attached hydrogen (secondary N) is 1. The number of phenols is 1. The highest BCUT2D eigenvalue weighted by Crippen LogP contribution is 2.40. The van der Waals surface area contributed by atoms with E-state index in [-0.39, 0.29) is 17.5 Å². The summed E-state index contributed by atoms with van der Waals surface area (Å²) >= 11 is 0. The molecule has 1 heterocycles. The number of carbonyl (C=O) groups is 1. The van der Waals surface area contributed by atoms with Gasteiger partial charge in [0.15, 0.2) is 0 Å². The summed E-state index contributed by atoms with van der Waals surface area (Å²) < 4.78 is 11.3. The largest absolute Gasteiger partial charge is 0.507 e. The van der Waals surface area contributed by atoms with Crippen molar-refractivity contribution >= 4 is 11.8 Å². The van der Waals surface area contributed by atoms with Crippen LogP contribution in [0.4, 0.5) is 5.88 Å².